The van der Waals surface area contributed by atoms with Gasteiger partial charge in [-0.25, -0.2) is 9.59 Å². The van der Waals surface area contributed by atoms with Crippen molar-refractivity contribution in [1.82, 2.24) is 0 Å². The largest absolute Gasteiger partial charge is 0.491 e. The van der Waals surface area contributed by atoms with Crippen LogP contribution in [0.25, 0.3) is 0 Å². The van der Waals surface area contributed by atoms with Crippen LogP contribution in [0.5, 0.6) is 11.5 Å². The molecule has 2 saturated heterocycles. The predicted octanol–water partition coefficient (Wildman–Crippen LogP) is 7.55. The molecular weight excluding hydrogens is 801 g/mol. The number of esters is 2. The summed E-state index contributed by atoms with van der Waals surface area (Å²) in [6.45, 7) is 5.15. The van der Waals surface area contributed by atoms with Crippen LogP contribution >= 0.6 is 0 Å². The maximum Gasteiger partial charge on any atom is 0.354 e. The summed E-state index contributed by atoms with van der Waals surface area (Å²) < 4.78 is 32.5. The Balaban J connectivity index is 1.51. The van der Waals surface area contributed by atoms with E-state index in [1.165, 1.54) is 0 Å². The van der Waals surface area contributed by atoms with Gasteiger partial charge in [0.2, 0.25) is 0 Å². The fraction of sp³-hybridized carbons (Fsp3) is 0.143. The van der Waals surface area contributed by atoms with Gasteiger partial charge in [0.1, 0.15) is 50.1 Å². The van der Waals surface area contributed by atoms with Gasteiger partial charge in [-0.1, -0.05) is 30.0 Å². The molecule has 2 aliphatic heterocycles. The van der Waals surface area contributed by atoms with E-state index in [0.29, 0.717) is 49.1 Å². The molecule has 4 rings (SSSR count). The molecule has 0 aliphatic carbocycles. The molecule has 64 heavy (non-hydrogen) atoms. The molecule has 0 spiro atoms. The van der Waals surface area contributed by atoms with E-state index in [2.05, 4.69) is 190 Å². The van der Waals surface area contributed by atoms with E-state index in [4.69, 9.17) is 28.4 Å². The molecule has 0 aromatic heterocycles. The Bertz CT molecular complexity index is 3440. The molecular formula is C56H24O8. The van der Waals surface area contributed by atoms with Crippen LogP contribution < -0.4 is 9.47 Å². The molecule has 0 N–H and O–H groups in total. The van der Waals surface area contributed by atoms with Gasteiger partial charge in [-0.2, -0.15) is 0 Å². The molecule has 2 fully saturated rings. The zero-order valence-corrected chi connectivity index (χ0v) is 33.5. The summed E-state index contributed by atoms with van der Waals surface area (Å²) in [6.07, 6.45) is 0.161. The average molecular weight is 825 g/mol. The van der Waals surface area contributed by atoms with E-state index in [1.54, 1.807) is 48.5 Å². The first-order valence-electron chi connectivity index (χ1n) is 18.3. The first-order chi connectivity index (χ1) is 31.6. The molecule has 2 unspecified atom stereocenters. The lowest BCUT2D eigenvalue weighted by atomic mass is 10.2. The molecule has 0 amide bonds. The molecule has 2 aromatic carbocycles. The summed E-state index contributed by atoms with van der Waals surface area (Å²) in [7, 11) is 0. The van der Waals surface area contributed by atoms with Crippen LogP contribution in [0, 0.1) is 0 Å². The Morgan fingerprint density at radius 1 is 0.469 bits per heavy atom. The second kappa shape index (κ2) is 29.8. The highest BCUT2D eigenvalue weighted by molar-refractivity contribution is 6.13. The van der Waals surface area contributed by atoms with Gasteiger partial charge in [0, 0.05) is 80.2 Å². The molecule has 2 atom stereocenters. The Morgan fingerprint density at radius 2 is 0.766 bits per heavy atom. The fourth-order valence-electron chi connectivity index (χ4n) is 3.80. The molecule has 2 aromatic rings. The number of hydrogen-bond donors (Lipinski definition) is 0. The van der Waals surface area contributed by atoms with Gasteiger partial charge in [-0.3, -0.25) is 0 Å². The van der Waals surface area contributed by atoms with Crippen LogP contribution in [0.15, 0.2) is 244 Å². The minimum atomic E-state index is -0.997. The van der Waals surface area contributed by atoms with Gasteiger partial charge in [0.15, 0.2) is 5.57 Å². The van der Waals surface area contributed by atoms with Crippen molar-refractivity contribution in [3.05, 3.63) is 255 Å². The summed E-state index contributed by atoms with van der Waals surface area (Å²) >= 11 is 0. The summed E-state index contributed by atoms with van der Waals surface area (Å²) in [4.78, 5) is 26.2. The van der Waals surface area contributed by atoms with Crippen molar-refractivity contribution in [3.63, 3.8) is 0 Å². The number of benzene rings is 2. The molecule has 2 heterocycles. The highest BCUT2D eigenvalue weighted by Gasteiger charge is 2.24. The van der Waals surface area contributed by atoms with Crippen molar-refractivity contribution < 1.29 is 38.0 Å². The number of epoxide rings is 2. The van der Waals surface area contributed by atoms with Gasteiger partial charge in [-0.15, -0.1) is 0 Å². The van der Waals surface area contributed by atoms with E-state index in [9.17, 15) is 9.59 Å². The van der Waals surface area contributed by atoms with Gasteiger partial charge < -0.3 is 28.4 Å². The van der Waals surface area contributed by atoms with Crippen LogP contribution in [0.4, 0.5) is 0 Å². The standard InChI is InChI=1S/C56H24O8/c1-2-3-4-5-6-7-8-9-10-11-12-13-14-15-16-17-18-19-20-21-22-23-24-25-26-27-28-29-30-31-32-39-54(55(57)63-42-48-35-33-37-50(40-48)59-44-52-46-61-52)56(58)64-43-49-36-34-38-51(41-49)60-45-53-47-62-53/h33-38,40-41,52-53H,1,42-47H2. The second-order valence-corrected chi connectivity index (χ2v) is 11.4. The van der Waals surface area contributed by atoms with Crippen molar-refractivity contribution in [2.75, 3.05) is 26.4 Å². The van der Waals surface area contributed by atoms with Crippen molar-refractivity contribution in [1.29, 1.82) is 0 Å². The fourth-order valence-corrected chi connectivity index (χ4v) is 3.80. The van der Waals surface area contributed by atoms with Gasteiger partial charge in [-0.05, 0) is 139 Å². The SMILES string of the molecule is C=C=C=C=C=C=C=C=C=C=C=C=C=C=C=C=C=C=C=C=C=C=C=C=C=C=C=C=C=C=C=C=C=C(C(=O)OCc1cccc(OCC2CO2)c1)C(=O)OCc1cccc(OCC2CO2)c1. The Morgan fingerprint density at radius 3 is 1.06 bits per heavy atom. The minimum Gasteiger partial charge on any atom is -0.491 e. The molecule has 8 heteroatoms. The van der Waals surface area contributed by atoms with Crippen molar-refractivity contribution in [2.45, 2.75) is 25.4 Å². The lowest BCUT2D eigenvalue weighted by Gasteiger charge is -2.10. The van der Waals surface area contributed by atoms with Crippen molar-refractivity contribution in [2.24, 2.45) is 0 Å². The maximum absolute atomic E-state index is 13.1. The lowest BCUT2D eigenvalue weighted by Crippen LogP contribution is -2.18. The highest BCUT2D eigenvalue weighted by Crippen LogP contribution is 2.19. The molecule has 296 valence electrons. The number of carbonyl (C=O) groups excluding carboxylic acids is 2. The van der Waals surface area contributed by atoms with Crippen molar-refractivity contribution >= 4 is 11.9 Å². The normalized spacial score (nSPS) is 11.2. The molecule has 0 radical (unpaired) electrons. The summed E-state index contributed by atoms with van der Waals surface area (Å²) in [5.41, 5.74) is 80.1. The zero-order chi connectivity index (χ0) is 45.0. The third-order valence-electron chi connectivity index (χ3n) is 6.71. The predicted molar refractivity (Wildman–Crippen MR) is 225 cm³/mol. The Labute approximate surface area is 367 Å². The molecule has 0 bridgehead atoms. The van der Waals surface area contributed by atoms with E-state index in [0.717, 1.165) is 0 Å². The van der Waals surface area contributed by atoms with Crippen LogP contribution in [0.1, 0.15) is 11.1 Å². The summed E-state index contributed by atoms with van der Waals surface area (Å²) in [5, 5.41) is 0. The monoisotopic (exact) mass is 824 g/mol. The van der Waals surface area contributed by atoms with Gasteiger partial charge >= 0.3 is 11.9 Å². The average Bonchev–Trinajstić information content (AvgIpc) is 4.26. The third-order valence-corrected chi connectivity index (χ3v) is 6.71. The summed E-state index contributed by atoms with van der Waals surface area (Å²) in [5.74, 6) is -0.821. The number of carbonyl (C=O) groups is 2. The van der Waals surface area contributed by atoms with Gasteiger partial charge in [0.05, 0.1) is 13.2 Å². The number of hydrogen-bond acceptors (Lipinski definition) is 8. The molecule has 2 aliphatic rings. The second-order valence-electron chi connectivity index (χ2n) is 11.4. The quantitative estimate of drug-likeness (QED) is 0.0542. The van der Waals surface area contributed by atoms with Crippen LogP contribution in [0.2, 0.25) is 0 Å². The minimum absolute atomic E-state index is 0.0804. The van der Waals surface area contributed by atoms with Crippen molar-refractivity contribution in [3.8, 4) is 11.5 Å². The lowest BCUT2D eigenvalue weighted by molar-refractivity contribution is -0.148. The summed E-state index contributed by atoms with van der Waals surface area (Å²) in [6, 6.07) is 14.0. The topological polar surface area (TPSA) is 96.1 Å². The first-order valence-corrected chi connectivity index (χ1v) is 18.3. The Kier molecular flexibility index (Phi) is 21.5. The zero-order valence-electron chi connectivity index (χ0n) is 33.5. The van der Waals surface area contributed by atoms with Crippen LogP contribution in [-0.2, 0) is 41.8 Å². The molecule has 8 nitrogen and oxygen atoms in total. The number of rotatable bonds is 12. The first kappa shape index (κ1) is 46.3. The van der Waals surface area contributed by atoms with E-state index in [1.807, 2.05) is 0 Å². The highest BCUT2D eigenvalue weighted by atomic mass is 16.6. The van der Waals surface area contributed by atoms with Crippen LogP contribution in [-0.4, -0.2) is 50.6 Å². The van der Waals surface area contributed by atoms with Crippen LogP contribution in [0.3, 0.4) is 0 Å². The van der Waals surface area contributed by atoms with Gasteiger partial charge in [0.25, 0.3) is 0 Å². The smallest absolute Gasteiger partial charge is 0.354 e. The van der Waals surface area contributed by atoms with E-state index in [-0.39, 0.29) is 25.4 Å². The number of ether oxygens (including phenoxy) is 6. The molecule has 0 saturated carbocycles. The Hall–Kier alpha value is -10.4. The third kappa shape index (κ3) is 22.5. The van der Waals surface area contributed by atoms with E-state index < -0.39 is 17.5 Å². The maximum atomic E-state index is 13.1. The van der Waals surface area contributed by atoms with E-state index >= 15 is 0 Å².